The number of benzene rings is 1. The van der Waals surface area contributed by atoms with Crippen molar-refractivity contribution in [1.29, 1.82) is 0 Å². The van der Waals surface area contributed by atoms with E-state index in [1.807, 2.05) is 12.1 Å². The molecule has 0 unspecified atom stereocenters. The molecule has 2 aromatic rings. The number of hydrogen-bond donors (Lipinski definition) is 1. The molecule has 0 aliphatic rings. The lowest BCUT2D eigenvalue weighted by Gasteiger charge is -1.99. The Morgan fingerprint density at radius 2 is 2.23 bits per heavy atom. The van der Waals surface area contributed by atoms with Crippen LogP contribution in [0.5, 0.6) is 0 Å². The van der Waals surface area contributed by atoms with Gasteiger partial charge in [-0.2, -0.15) is 0 Å². The minimum atomic E-state index is 0.642. The number of rotatable bonds is 1. The molecule has 1 radical (unpaired) electrons. The molecule has 0 aliphatic carbocycles. The van der Waals surface area contributed by atoms with Gasteiger partial charge in [-0.05, 0) is 23.8 Å². The van der Waals surface area contributed by atoms with Gasteiger partial charge in [-0.3, -0.25) is 0 Å². The summed E-state index contributed by atoms with van der Waals surface area (Å²) >= 11 is 7.30. The Labute approximate surface area is 85.0 Å². The van der Waals surface area contributed by atoms with Gasteiger partial charge < -0.3 is 5.73 Å². The zero-order valence-corrected chi connectivity index (χ0v) is 8.19. The molecule has 65 valence electrons. The average Bonchev–Trinajstić information content (AvgIpc) is 2.53. The summed E-state index contributed by atoms with van der Waals surface area (Å²) < 4.78 is 0. The predicted molar refractivity (Wildman–Crippen MR) is 55.8 cm³/mol. The molecule has 0 bridgehead atoms. The van der Waals surface area contributed by atoms with Gasteiger partial charge in [0.05, 0.1) is 4.88 Å². The zero-order valence-electron chi connectivity index (χ0n) is 6.62. The number of nitrogens with zero attached hydrogens (tertiary/aromatic N) is 1. The van der Waals surface area contributed by atoms with Crippen LogP contribution in [0.1, 0.15) is 0 Å². The van der Waals surface area contributed by atoms with Crippen LogP contribution in [0.25, 0.3) is 10.4 Å². The molecule has 1 aromatic heterocycles. The second-order valence-electron chi connectivity index (χ2n) is 2.59. The number of halogens is 1. The van der Waals surface area contributed by atoms with Crippen LogP contribution in [-0.2, 0) is 0 Å². The molecular formula is C9H6ClN2S. The van der Waals surface area contributed by atoms with Crippen LogP contribution in [-0.4, -0.2) is 4.98 Å². The van der Waals surface area contributed by atoms with Crippen LogP contribution in [0.4, 0.5) is 5.69 Å². The van der Waals surface area contributed by atoms with Gasteiger partial charge in [0.2, 0.25) is 0 Å². The smallest absolute Gasteiger partial charge is 0.152 e. The lowest BCUT2D eigenvalue weighted by atomic mass is 10.2. The van der Waals surface area contributed by atoms with Gasteiger partial charge in [0.25, 0.3) is 0 Å². The van der Waals surface area contributed by atoms with Crippen molar-refractivity contribution in [2.45, 2.75) is 0 Å². The topological polar surface area (TPSA) is 38.9 Å². The molecule has 13 heavy (non-hydrogen) atoms. The minimum Gasteiger partial charge on any atom is -0.399 e. The van der Waals surface area contributed by atoms with Crippen molar-refractivity contribution in [2.24, 2.45) is 0 Å². The van der Waals surface area contributed by atoms with E-state index in [0.717, 1.165) is 10.4 Å². The first-order valence-electron chi connectivity index (χ1n) is 3.64. The van der Waals surface area contributed by atoms with Crippen molar-refractivity contribution in [3.63, 3.8) is 0 Å². The van der Waals surface area contributed by atoms with Crippen LogP contribution < -0.4 is 5.73 Å². The van der Waals surface area contributed by atoms with Gasteiger partial charge in [0.1, 0.15) is 0 Å². The molecule has 1 heterocycles. The highest BCUT2D eigenvalue weighted by Gasteiger charge is 2.01. The molecular weight excluding hydrogens is 204 g/mol. The number of thiazole rings is 1. The van der Waals surface area contributed by atoms with Gasteiger partial charge in [0.15, 0.2) is 5.51 Å². The summed E-state index contributed by atoms with van der Waals surface area (Å²) in [5.41, 5.74) is 10.1. The molecule has 0 amide bonds. The minimum absolute atomic E-state index is 0.642. The summed E-state index contributed by atoms with van der Waals surface area (Å²) in [6.45, 7) is 0. The van der Waals surface area contributed by atoms with Crippen molar-refractivity contribution < 1.29 is 0 Å². The second kappa shape index (κ2) is 3.36. The first-order chi connectivity index (χ1) is 6.25. The van der Waals surface area contributed by atoms with Crippen LogP contribution in [0.3, 0.4) is 0 Å². The Morgan fingerprint density at radius 1 is 1.38 bits per heavy atom. The summed E-state index contributed by atoms with van der Waals surface area (Å²) in [6, 6.07) is 5.45. The van der Waals surface area contributed by atoms with E-state index in [4.69, 9.17) is 17.3 Å². The molecule has 0 saturated heterocycles. The Hall–Kier alpha value is -1.06. The SMILES string of the molecule is Nc1cc(Cl)cc(-c2cn[c]s2)c1. The summed E-state index contributed by atoms with van der Waals surface area (Å²) in [7, 11) is 0. The van der Waals surface area contributed by atoms with Crippen molar-refractivity contribution in [3.05, 3.63) is 34.9 Å². The number of nitrogen functional groups attached to an aromatic ring is 1. The second-order valence-corrected chi connectivity index (χ2v) is 3.85. The predicted octanol–water partition coefficient (Wildman–Crippen LogP) is 2.85. The Balaban J connectivity index is 2.53. The fourth-order valence-electron chi connectivity index (χ4n) is 1.07. The van der Waals surface area contributed by atoms with Crippen LogP contribution in [0.2, 0.25) is 5.02 Å². The molecule has 2 N–H and O–H groups in total. The molecule has 0 spiro atoms. The zero-order chi connectivity index (χ0) is 9.26. The third-order valence-corrected chi connectivity index (χ3v) is 2.57. The molecule has 0 aliphatic heterocycles. The van der Waals surface area contributed by atoms with Crippen molar-refractivity contribution >= 4 is 28.6 Å². The highest BCUT2D eigenvalue weighted by atomic mass is 35.5. The number of anilines is 1. The Morgan fingerprint density at radius 3 is 2.85 bits per heavy atom. The van der Waals surface area contributed by atoms with Gasteiger partial charge in [0, 0.05) is 16.9 Å². The average molecular weight is 210 g/mol. The molecule has 0 atom stereocenters. The van der Waals surface area contributed by atoms with E-state index in [1.54, 1.807) is 12.3 Å². The Kier molecular flexibility index (Phi) is 2.20. The lowest BCUT2D eigenvalue weighted by molar-refractivity contribution is 1.41. The maximum Gasteiger partial charge on any atom is 0.152 e. The van der Waals surface area contributed by atoms with Crippen LogP contribution in [0, 0.1) is 5.51 Å². The van der Waals surface area contributed by atoms with E-state index in [-0.39, 0.29) is 0 Å². The van der Waals surface area contributed by atoms with E-state index in [0.29, 0.717) is 10.7 Å². The molecule has 0 fully saturated rings. The van der Waals surface area contributed by atoms with Crippen LogP contribution in [0.15, 0.2) is 24.4 Å². The van der Waals surface area contributed by atoms with E-state index < -0.39 is 0 Å². The van der Waals surface area contributed by atoms with Crippen LogP contribution >= 0.6 is 22.9 Å². The summed E-state index contributed by atoms with van der Waals surface area (Å²) in [5, 5.41) is 0.642. The third-order valence-electron chi connectivity index (χ3n) is 1.59. The van der Waals surface area contributed by atoms with Crippen molar-refractivity contribution in [1.82, 2.24) is 4.98 Å². The molecule has 4 heteroatoms. The monoisotopic (exact) mass is 209 g/mol. The number of hydrogen-bond acceptors (Lipinski definition) is 3. The van der Waals surface area contributed by atoms with Gasteiger partial charge >= 0.3 is 0 Å². The third kappa shape index (κ3) is 1.82. The van der Waals surface area contributed by atoms with Gasteiger partial charge in [-0.1, -0.05) is 11.6 Å². The summed E-state index contributed by atoms with van der Waals surface area (Å²) in [4.78, 5) is 4.89. The van der Waals surface area contributed by atoms with Crippen molar-refractivity contribution in [3.8, 4) is 10.4 Å². The maximum absolute atomic E-state index is 5.86. The number of aromatic nitrogens is 1. The largest absolute Gasteiger partial charge is 0.399 e. The highest BCUT2D eigenvalue weighted by Crippen LogP contribution is 2.27. The van der Waals surface area contributed by atoms with Gasteiger partial charge in [-0.15, -0.1) is 11.3 Å². The van der Waals surface area contributed by atoms with E-state index in [2.05, 4.69) is 10.5 Å². The summed E-state index contributed by atoms with van der Waals surface area (Å²) in [5.74, 6) is 0. The van der Waals surface area contributed by atoms with E-state index in [1.165, 1.54) is 11.3 Å². The van der Waals surface area contributed by atoms with E-state index in [9.17, 15) is 0 Å². The first-order valence-corrected chi connectivity index (χ1v) is 4.83. The lowest BCUT2D eigenvalue weighted by Crippen LogP contribution is -1.84. The van der Waals surface area contributed by atoms with Gasteiger partial charge in [-0.25, -0.2) is 4.98 Å². The fourth-order valence-corrected chi connectivity index (χ4v) is 1.86. The fraction of sp³-hybridized carbons (Fsp3) is 0. The first kappa shape index (κ1) is 8.53. The standard InChI is InChI=1S/C9H6ClN2S/c10-7-1-6(2-8(11)3-7)9-4-12-5-13-9/h1-4H,11H2. The maximum atomic E-state index is 5.86. The normalized spacial score (nSPS) is 10.2. The Bertz CT molecular complexity index is 391. The highest BCUT2D eigenvalue weighted by molar-refractivity contribution is 7.12. The van der Waals surface area contributed by atoms with E-state index >= 15 is 0 Å². The number of nitrogens with two attached hydrogens (primary N) is 1. The van der Waals surface area contributed by atoms with Crippen molar-refractivity contribution in [2.75, 3.05) is 5.73 Å². The molecule has 1 aromatic carbocycles. The molecule has 0 saturated carbocycles. The quantitative estimate of drug-likeness (QED) is 0.734. The molecule has 2 rings (SSSR count). The molecule has 2 nitrogen and oxygen atoms in total. The summed E-state index contributed by atoms with van der Waals surface area (Å²) in [6.07, 6.45) is 1.75.